The molecule has 0 aliphatic rings. The maximum atomic E-state index is 12.5. The third-order valence-electron chi connectivity index (χ3n) is 4.18. The van der Waals surface area contributed by atoms with Crippen molar-refractivity contribution in [1.82, 2.24) is 4.90 Å². The first kappa shape index (κ1) is 19.3. The topological polar surface area (TPSA) is 74.6 Å². The average molecular weight is 353 g/mol. The molecule has 1 amide bonds. The summed E-state index contributed by atoms with van der Waals surface area (Å²) in [5, 5.41) is 11.8. The zero-order valence-electron chi connectivity index (χ0n) is 15.4. The summed E-state index contributed by atoms with van der Waals surface area (Å²) in [4.78, 5) is 14.4. The number of rotatable bonds is 7. The number of nitrogens with one attached hydrogen (secondary N) is 1. The Kier molecular flexibility index (Phi) is 6.59. The number of carbonyl (C=O) groups excluding carboxylic acids is 1. The smallest absolute Gasteiger partial charge is 0.241 e. The van der Waals surface area contributed by atoms with Gasteiger partial charge in [0.15, 0.2) is 11.5 Å². The molecule has 1 unspecified atom stereocenters. The molecule has 2 rings (SSSR count). The quantitative estimate of drug-likeness (QED) is 0.828. The number of benzene rings is 2. The van der Waals surface area contributed by atoms with Gasteiger partial charge in [-0.1, -0.05) is 12.1 Å². The summed E-state index contributed by atoms with van der Waals surface area (Å²) >= 11 is 0. The van der Waals surface area contributed by atoms with Crippen molar-refractivity contribution in [3.63, 3.8) is 0 Å². The molecule has 6 heteroatoms. The van der Waals surface area contributed by atoms with Crippen LogP contribution in [0.2, 0.25) is 0 Å². The summed E-state index contributed by atoms with van der Waals surface area (Å²) in [6, 6.07) is 14.3. The van der Waals surface area contributed by atoms with Crippen molar-refractivity contribution in [3.05, 3.63) is 53.6 Å². The van der Waals surface area contributed by atoms with Crippen LogP contribution in [0.4, 0.5) is 5.69 Å². The number of anilines is 1. The van der Waals surface area contributed by atoms with E-state index in [4.69, 9.17) is 14.7 Å². The minimum absolute atomic E-state index is 0.136. The summed E-state index contributed by atoms with van der Waals surface area (Å²) in [6.07, 6.45) is 0. The Labute approximate surface area is 153 Å². The second kappa shape index (κ2) is 8.88. The lowest BCUT2D eigenvalue weighted by molar-refractivity contribution is -0.120. The number of methoxy groups -OCH3 is 2. The summed E-state index contributed by atoms with van der Waals surface area (Å²) < 4.78 is 10.6. The highest BCUT2D eigenvalue weighted by molar-refractivity contribution is 5.94. The first-order chi connectivity index (χ1) is 12.5. The molecule has 0 spiro atoms. The van der Waals surface area contributed by atoms with Crippen LogP contribution in [0.15, 0.2) is 42.5 Å². The van der Waals surface area contributed by atoms with Gasteiger partial charge in [-0.15, -0.1) is 0 Å². The lowest BCUT2D eigenvalue weighted by Gasteiger charge is -2.24. The number of hydrogen-bond donors (Lipinski definition) is 1. The van der Waals surface area contributed by atoms with Gasteiger partial charge in [-0.2, -0.15) is 5.26 Å². The fraction of sp³-hybridized carbons (Fsp3) is 0.300. The molecular weight excluding hydrogens is 330 g/mol. The molecule has 0 aliphatic carbocycles. The van der Waals surface area contributed by atoms with E-state index in [1.807, 2.05) is 37.1 Å². The van der Waals surface area contributed by atoms with Crippen molar-refractivity contribution in [2.24, 2.45) is 0 Å². The Morgan fingerprint density at radius 3 is 2.58 bits per heavy atom. The zero-order chi connectivity index (χ0) is 19.1. The first-order valence-electron chi connectivity index (χ1n) is 8.20. The molecule has 1 N–H and O–H groups in total. The van der Waals surface area contributed by atoms with Gasteiger partial charge in [-0.25, -0.2) is 0 Å². The number of nitriles is 1. The van der Waals surface area contributed by atoms with E-state index in [1.165, 1.54) is 0 Å². The predicted molar refractivity (Wildman–Crippen MR) is 100 cm³/mol. The van der Waals surface area contributed by atoms with Crippen LogP contribution in [0.25, 0.3) is 0 Å². The molecule has 2 aromatic rings. The van der Waals surface area contributed by atoms with Crippen LogP contribution in [0.3, 0.4) is 0 Å². The van der Waals surface area contributed by atoms with Gasteiger partial charge in [-0.05, 0) is 49.9 Å². The van der Waals surface area contributed by atoms with Crippen LogP contribution < -0.4 is 14.8 Å². The highest BCUT2D eigenvalue weighted by Crippen LogP contribution is 2.28. The van der Waals surface area contributed by atoms with Crippen molar-refractivity contribution in [2.45, 2.75) is 19.5 Å². The second-order valence-corrected chi connectivity index (χ2v) is 5.96. The van der Waals surface area contributed by atoms with Crippen LogP contribution in [0, 0.1) is 11.3 Å². The number of nitrogens with zero attached hydrogens (tertiary/aromatic N) is 2. The van der Waals surface area contributed by atoms with Gasteiger partial charge in [0.25, 0.3) is 0 Å². The molecule has 6 nitrogen and oxygen atoms in total. The van der Waals surface area contributed by atoms with E-state index in [9.17, 15) is 4.79 Å². The number of ether oxygens (including phenoxy) is 2. The van der Waals surface area contributed by atoms with Gasteiger partial charge in [0.2, 0.25) is 5.91 Å². The first-order valence-corrected chi connectivity index (χ1v) is 8.20. The maximum absolute atomic E-state index is 12.5. The molecule has 0 saturated heterocycles. The monoisotopic (exact) mass is 353 g/mol. The summed E-state index contributed by atoms with van der Waals surface area (Å²) in [5.41, 5.74) is 2.13. The van der Waals surface area contributed by atoms with E-state index < -0.39 is 0 Å². The van der Waals surface area contributed by atoms with Gasteiger partial charge in [0.1, 0.15) is 0 Å². The molecule has 0 radical (unpaired) electrons. The van der Waals surface area contributed by atoms with Crippen LogP contribution in [-0.2, 0) is 11.3 Å². The van der Waals surface area contributed by atoms with E-state index in [1.54, 1.807) is 38.5 Å². The lowest BCUT2D eigenvalue weighted by atomic mass is 10.1. The van der Waals surface area contributed by atoms with Gasteiger partial charge in [0.05, 0.1) is 31.9 Å². The fourth-order valence-electron chi connectivity index (χ4n) is 2.52. The molecule has 0 aliphatic heterocycles. The molecule has 0 fully saturated rings. The highest BCUT2D eigenvalue weighted by Gasteiger charge is 2.19. The Morgan fingerprint density at radius 2 is 1.92 bits per heavy atom. The fourth-order valence-corrected chi connectivity index (χ4v) is 2.52. The standard InChI is InChI=1S/C20H23N3O3/c1-14(20(24)22-17-7-5-6-15(10-17)12-21)23(2)13-16-8-9-18(25-3)19(11-16)26-4/h5-11,14H,13H2,1-4H3,(H,22,24). The second-order valence-electron chi connectivity index (χ2n) is 5.96. The van der Waals surface area contributed by atoms with Gasteiger partial charge in [0, 0.05) is 12.2 Å². The third-order valence-corrected chi connectivity index (χ3v) is 4.18. The van der Waals surface area contributed by atoms with Crippen molar-refractivity contribution >= 4 is 11.6 Å². The molecule has 1 atom stereocenters. The summed E-state index contributed by atoms with van der Waals surface area (Å²) in [6.45, 7) is 2.41. The Morgan fingerprint density at radius 1 is 1.19 bits per heavy atom. The zero-order valence-corrected chi connectivity index (χ0v) is 15.4. The molecule has 0 heterocycles. The van der Waals surface area contributed by atoms with E-state index in [0.717, 1.165) is 5.56 Å². The number of carbonyl (C=O) groups is 1. The van der Waals surface area contributed by atoms with Gasteiger partial charge < -0.3 is 14.8 Å². The largest absolute Gasteiger partial charge is 0.493 e. The predicted octanol–water partition coefficient (Wildman–Crippen LogP) is 3.03. The van der Waals surface area contributed by atoms with Crippen molar-refractivity contribution < 1.29 is 14.3 Å². The Bertz CT molecular complexity index is 814. The highest BCUT2D eigenvalue weighted by atomic mass is 16.5. The lowest BCUT2D eigenvalue weighted by Crippen LogP contribution is -2.39. The van der Waals surface area contributed by atoms with E-state index in [-0.39, 0.29) is 11.9 Å². The van der Waals surface area contributed by atoms with Gasteiger partial charge >= 0.3 is 0 Å². The average Bonchev–Trinajstić information content (AvgIpc) is 2.67. The molecular formula is C20H23N3O3. The number of hydrogen-bond acceptors (Lipinski definition) is 5. The normalized spacial score (nSPS) is 11.5. The Hall–Kier alpha value is -3.04. The maximum Gasteiger partial charge on any atom is 0.241 e. The van der Waals surface area contributed by atoms with Gasteiger partial charge in [-0.3, -0.25) is 9.69 Å². The van der Waals surface area contributed by atoms with Crippen molar-refractivity contribution in [2.75, 3.05) is 26.6 Å². The van der Waals surface area contributed by atoms with Crippen LogP contribution in [-0.4, -0.2) is 38.1 Å². The molecule has 2 aromatic carbocycles. The molecule has 0 aromatic heterocycles. The van der Waals surface area contributed by atoms with E-state index in [0.29, 0.717) is 29.3 Å². The molecule has 0 saturated carbocycles. The molecule has 136 valence electrons. The van der Waals surface area contributed by atoms with Crippen LogP contribution >= 0.6 is 0 Å². The third kappa shape index (κ3) is 4.74. The molecule has 0 bridgehead atoms. The summed E-state index contributed by atoms with van der Waals surface area (Å²) in [5.74, 6) is 1.19. The number of likely N-dealkylation sites (N-methyl/N-ethyl adjacent to an activating group) is 1. The van der Waals surface area contributed by atoms with Crippen LogP contribution in [0.5, 0.6) is 11.5 Å². The summed E-state index contributed by atoms with van der Waals surface area (Å²) in [7, 11) is 5.07. The minimum Gasteiger partial charge on any atom is -0.493 e. The van der Waals surface area contributed by atoms with Crippen LogP contribution in [0.1, 0.15) is 18.1 Å². The van der Waals surface area contributed by atoms with Crippen molar-refractivity contribution in [3.8, 4) is 17.6 Å². The van der Waals surface area contributed by atoms with E-state index in [2.05, 4.69) is 11.4 Å². The molecule has 26 heavy (non-hydrogen) atoms. The number of amides is 1. The van der Waals surface area contributed by atoms with E-state index >= 15 is 0 Å². The minimum atomic E-state index is -0.353. The van der Waals surface area contributed by atoms with Crippen molar-refractivity contribution in [1.29, 1.82) is 5.26 Å². The SMILES string of the molecule is COc1ccc(CN(C)C(C)C(=O)Nc2cccc(C#N)c2)cc1OC. The Balaban J connectivity index is 2.03.